The van der Waals surface area contributed by atoms with Crippen LogP contribution < -0.4 is 0 Å². The SMILES string of the molecule is N#CCc1nc2ccccc2cc1O. The molecule has 0 unspecified atom stereocenters. The quantitative estimate of drug-likeness (QED) is 0.737. The highest BCUT2D eigenvalue weighted by Gasteiger charge is 2.04. The summed E-state index contributed by atoms with van der Waals surface area (Å²) in [5.74, 6) is 0.0882. The van der Waals surface area contributed by atoms with Crippen molar-refractivity contribution in [2.45, 2.75) is 6.42 Å². The predicted molar refractivity (Wildman–Crippen MR) is 52.7 cm³/mol. The van der Waals surface area contributed by atoms with Crippen molar-refractivity contribution in [3.8, 4) is 11.8 Å². The first kappa shape index (κ1) is 8.52. The van der Waals surface area contributed by atoms with Crippen LogP contribution in [0.2, 0.25) is 0 Å². The van der Waals surface area contributed by atoms with Gasteiger partial charge >= 0.3 is 0 Å². The number of hydrogen-bond donors (Lipinski definition) is 1. The lowest BCUT2D eigenvalue weighted by molar-refractivity contribution is 0.467. The highest BCUT2D eigenvalue weighted by atomic mass is 16.3. The van der Waals surface area contributed by atoms with Crippen LogP contribution in [0.1, 0.15) is 5.69 Å². The fourth-order valence-electron chi connectivity index (χ4n) is 1.35. The number of nitriles is 1. The van der Waals surface area contributed by atoms with Gasteiger partial charge in [0.05, 0.1) is 23.7 Å². The number of nitrogens with zero attached hydrogens (tertiary/aromatic N) is 2. The normalized spacial score (nSPS) is 9.93. The molecule has 2 rings (SSSR count). The van der Waals surface area contributed by atoms with E-state index in [-0.39, 0.29) is 12.2 Å². The van der Waals surface area contributed by atoms with Gasteiger partial charge in [-0.1, -0.05) is 18.2 Å². The molecule has 0 radical (unpaired) electrons. The molecule has 1 heterocycles. The molecular formula is C11H8N2O. The van der Waals surface area contributed by atoms with E-state index in [0.717, 1.165) is 10.9 Å². The molecule has 0 aliphatic heterocycles. The Morgan fingerprint density at radius 2 is 2.14 bits per heavy atom. The van der Waals surface area contributed by atoms with E-state index in [1.54, 1.807) is 6.07 Å². The first-order chi connectivity index (χ1) is 6.81. The smallest absolute Gasteiger partial charge is 0.138 e. The summed E-state index contributed by atoms with van der Waals surface area (Å²) < 4.78 is 0. The van der Waals surface area contributed by atoms with Crippen LogP contribution in [-0.4, -0.2) is 10.1 Å². The summed E-state index contributed by atoms with van der Waals surface area (Å²) in [5, 5.41) is 18.9. The Hall–Kier alpha value is -2.08. The van der Waals surface area contributed by atoms with Gasteiger partial charge in [0.2, 0.25) is 0 Å². The minimum atomic E-state index is 0.0882. The van der Waals surface area contributed by atoms with E-state index in [1.165, 1.54) is 0 Å². The highest BCUT2D eigenvalue weighted by molar-refractivity contribution is 5.80. The third kappa shape index (κ3) is 1.38. The third-order valence-corrected chi connectivity index (χ3v) is 2.03. The molecule has 68 valence electrons. The van der Waals surface area contributed by atoms with Crippen molar-refractivity contribution in [1.29, 1.82) is 5.26 Å². The fourth-order valence-corrected chi connectivity index (χ4v) is 1.35. The predicted octanol–water partition coefficient (Wildman–Crippen LogP) is 2.01. The van der Waals surface area contributed by atoms with Gasteiger partial charge in [-0.25, -0.2) is 4.98 Å². The lowest BCUT2D eigenvalue weighted by atomic mass is 10.1. The van der Waals surface area contributed by atoms with Gasteiger partial charge in [-0.3, -0.25) is 0 Å². The summed E-state index contributed by atoms with van der Waals surface area (Å²) in [4.78, 5) is 4.19. The van der Waals surface area contributed by atoms with Gasteiger partial charge in [-0.2, -0.15) is 5.26 Å². The third-order valence-electron chi connectivity index (χ3n) is 2.03. The first-order valence-corrected chi connectivity index (χ1v) is 4.26. The molecule has 0 aliphatic carbocycles. The van der Waals surface area contributed by atoms with Gasteiger partial charge in [0.1, 0.15) is 5.75 Å². The Balaban J connectivity index is 2.66. The van der Waals surface area contributed by atoms with E-state index in [9.17, 15) is 5.11 Å². The van der Waals surface area contributed by atoms with Crippen molar-refractivity contribution in [3.63, 3.8) is 0 Å². The van der Waals surface area contributed by atoms with Crippen LogP contribution in [0.3, 0.4) is 0 Å². The van der Waals surface area contributed by atoms with Gasteiger partial charge in [0, 0.05) is 5.39 Å². The molecular weight excluding hydrogens is 176 g/mol. The maximum Gasteiger partial charge on any atom is 0.138 e. The lowest BCUT2D eigenvalue weighted by Crippen LogP contribution is -1.89. The number of hydrogen-bond acceptors (Lipinski definition) is 3. The zero-order valence-electron chi connectivity index (χ0n) is 7.44. The molecule has 0 amide bonds. The average molecular weight is 184 g/mol. The number of fused-ring (bicyclic) bond motifs is 1. The van der Waals surface area contributed by atoms with E-state index in [4.69, 9.17) is 5.26 Å². The van der Waals surface area contributed by atoms with Gasteiger partial charge in [-0.15, -0.1) is 0 Å². The summed E-state index contributed by atoms with van der Waals surface area (Å²) in [6.07, 6.45) is 0.136. The average Bonchev–Trinajstić information content (AvgIpc) is 2.19. The summed E-state index contributed by atoms with van der Waals surface area (Å²) in [7, 11) is 0. The van der Waals surface area contributed by atoms with Crippen molar-refractivity contribution in [2.24, 2.45) is 0 Å². The second-order valence-corrected chi connectivity index (χ2v) is 2.98. The van der Waals surface area contributed by atoms with Crippen LogP contribution in [0.5, 0.6) is 5.75 Å². The molecule has 0 atom stereocenters. The molecule has 2 aromatic rings. The number of aromatic nitrogens is 1. The highest BCUT2D eigenvalue weighted by Crippen LogP contribution is 2.21. The maximum atomic E-state index is 9.53. The molecule has 1 N–H and O–H groups in total. The number of benzene rings is 1. The number of para-hydroxylation sites is 1. The summed E-state index contributed by atoms with van der Waals surface area (Å²) in [6, 6.07) is 11.1. The number of pyridine rings is 1. The van der Waals surface area contributed by atoms with Gasteiger partial charge in [0.25, 0.3) is 0 Å². The second-order valence-electron chi connectivity index (χ2n) is 2.98. The summed E-state index contributed by atoms with van der Waals surface area (Å²) in [6.45, 7) is 0. The van der Waals surface area contributed by atoms with Gasteiger partial charge in [0.15, 0.2) is 0 Å². The molecule has 0 aliphatic rings. The van der Waals surface area contributed by atoms with Crippen molar-refractivity contribution < 1.29 is 5.11 Å². The molecule has 3 nitrogen and oxygen atoms in total. The maximum absolute atomic E-state index is 9.53. The number of aromatic hydroxyl groups is 1. The minimum absolute atomic E-state index is 0.0882. The summed E-state index contributed by atoms with van der Waals surface area (Å²) in [5.41, 5.74) is 1.24. The van der Waals surface area contributed by atoms with Crippen LogP contribution in [0.25, 0.3) is 10.9 Å². The van der Waals surface area contributed by atoms with E-state index in [1.807, 2.05) is 30.3 Å². The van der Waals surface area contributed by atoms with E-state index in [2.05, 4.69) is 4.98 Å². The number of rotatable bonds is 1. The molecule has 14 heavy (non-hydrogen) atoms. The van der Waals surface area contributed by atoms with E-state index in [0.29, 0.717) is 5.69 Å². The van der Waals surface area contributed by atoms with Gasteiger partial charge < -0.3 is 5.11 Å². The van der Waals surface area contributed by atoms with Crippen molar-refractivity contribution in [1.82, 2.24) is 4.98 Å². The molecule has 0 saturated heterocycles. The Kier molecular flexibility index (Phi) is 2.04. The zero-order chi connectivity index (χ0) is 9.97. The van der Waals surface area contributed by atoms with E-state index < -0.39 is 0 Å². The van der Waals surface area contributed by atoms with Crippen LogP contribution in [-0.2, 0) is 6.42 Å². The molecule has 0 fully saturated rings. The Morgan fingerprint density at radius 3 is 2.93 bits per heavy atom. The topological polar surface area (TPSA) is 56.9 Å². The van der Waals surface area contributed by atoms with Crippen LogP contribution in [0.15, 0.2) is 30.3 Å². The largest absolute Gasteiger partial charge is 0.506 e. The Labute approximate surface area is 81.2 Å². The zero-order valence-corrected chi connectivity index (χ0v) is 7.44. The van der Waals surface area contributed by atoms with E-state index >= 15 is 0 Å². The van der Waals surface area contributed by atoms with Crippen LogP contribution >= 0.6 is 0 Å². The monoisotopic (exact) mass is 184 g/mol. The second kappa shape index (κ2) is 3.35. The van der Waals surface area contributed by atoms with Crippen LogP contribution in [0, 0.1) is 11.3 Å². The van der Waals surface area contributed by atoms with Crippen LogP contribution in [0.4, 0.5) is 0 Å². The molecule has 0 spiro atoms. The lowest BCUT2D eigenvalue weighted by Gasteiger charge is -2.02. The van der Waals surface area contributed by atoms with Crippen molar-refractivity contribution >= 4 is 10.9 Å². The Bertz CT molecular complexity index is 514. The molecule has 1 aromatic heterocycles. The molecule has 0 saturated carbocycles. The minimum Gasteiger partial charge on any atom is -0.506 e. The first-order valence-electron chi connectivity index (χ1n) is 4.26. The molecule has 3 heteroatoms. The van der Waals surface area contributed by atoms with Gasteiger partial charge in [-0.05, 0) is 12.1 Å². The molecule has 1 aromatic carbocycles. The standard InChI is InChI=1S/C11H8N2O/c12-6-5-10-11(14)7-8-3-1-2-4-9(8)13-10/h1-4,7,14H,5H2. The summed E-state index contributed by atoms with van der Waals surface area (Å²) >= 11 is 0. The Morgan fingerprint density at radius 1 is 1.36 bits per heavy atom. The van der Waals surface area contributed by atoms with Crippen molar-refractivity contribution in [3.05, 3.63) is 36.0 Å². The molecule has 0 bridgehead atoms. The van der Waals surface area contributed by atoms with Crippen molar-refractivity contribution in [2.75, 3.05) is 0 Å². The fraction of sp³-hybridized carbons (Fsp3) is 0.0909.